The van der Waals surface area contributed by atoms with E-state index in [1.165, 1.54) is 16.2 Å². The zero-order chi connectivity index (χ0) is 11.5. The Morgan fingerprint density at radius 2 is 2.24 bits per heavy atom. The van der Waals surface area contributed by atoms with Gasteiger partial charge in [-0.3, -0.25) is 0 Å². The summed E-state index contributed by atoms with van der Waals surface area (Å²) in [5, 5.41) is 1.97. The Bertz CT molecular complexity index is 405. The van der Waals surface area contributed by atoms with E-state index >= 15 is 0 Å². The second kappa shape index (κ2) is 6.85. The summed E-state index contributed by atoms with van der Waals surface area (Å²) in [6.07, 6.45) is 6.16. The van der Waals surface area contributed by atoms with Crippen molar-refractivity contribution in [2.45, 2.75) is 12.8 Å². The third-order valence-corrected chi connectivity index (χ3v) is 4.01. The van der Waals surface area contributed by atoms with Gasteiger partial charge < -0.3 is 4.90 Å². The number of hydrogen-bond acceptors (Lipinski definition) is 3. The number of halogens is 2. The predicted octanol–water partition coefficient (Wildman–Crippen LogP) is 3.81. The Labute approximate surface area is 129 Å². The van der Waals surface area contributed by atoms with Crippen LogP contribution in [0.5, 0.6) is 0 Å². The molecule has 2 rings (SSSR count). The van der Waals surface area contributed by atoms with Gasteiger partial charge >= 0.3 is 0 Å². The second-order valence-corrected chi connectivity index (χ2v) is 5.13. The summed E-state index contributed by atoms with van der Waals surface area (Å²) in [5.74, 6) is 0. The first-order valence-electron chi connectivity index (χ1n) is 5.28. The van der Waals surface area contributed by atoms with Gasteiger partial charge in [-0.15, -0.1) is 35.7 Å². The Hall–Kier alpha value is 0.0600. The molecule has 0 saturated carbocycles. The molecule has 1 aromatic rings. The predicted molar refractivity (Wildman–Crippen MR) is 86.2 cm³/mol. The fourth-order valence-corrected chi connectivity index (χ4v) is 2.98. The molecule has 0 amide bonds. The molecule has 2 nitrogen and oxygen atoms in total. The smallest absolute Gasteiger partial charge is 0.129 e. The fourth-order valence-electron chi connectivity index (χ4n) is 2.00. The number of pyridine rings is 1. The first kappa shape index (κ1) is 15.1. The molecule has 0 spiro atoms. The normalized spacial score (nSPS) is 15.1. The van der Waals surface area contributed by atoms with Gasteiger partial charge in [-0.2, -0.15) is 0 Å². The van der Waals surface area contributed by atoms with E-state index in [0.29, 0.717) is 5.15 Å². The lowest BCUT2D eigenvalue weighted by atomic mass is 10.1. The largest absolute Gasteiger partial charge is 0.369 e. The van der Waals surface area contributed by atoms with Crippen molar-refractivity contribution in [2.75, 3.05) is 19.8 Å². The molecule has 0 radical (unpaired) electrons. The molecular formula is C12H16ClIN2S. The van der Waals surface area contributed by atoms with Gasteiger partial charge in [0.2, 0.25) is 0 Å². The van der Waals surface area contributed by atoms with Crippen LogP contribution in [-0.2, 0) is 6.42 Å². The van der Waals surface area contributed by atoms with Crippen molar-refractivity contribution in [2.24, 2.45) is 0 Å². The van der Waals surface area contributed by atoms with Gasteiger partial charge in [-0.1, -0.05) is 17.7 Å². The minimum absolute atomic E-state index is 0. The average molecular weight is 383 g/mol. The molecular weight excluding hydrogens is 367 g/mol. The van der Waals surface area contributed by atoms with Gasteiger partial charge in [-0.25, -0.2) is 4.98 Å². The Morgan fingerprint density at radius 1 is 1.47 bits per heavy atom. The molecule has 0 bridgehead atoms. The lowest BCUT2D eigenvalue weighted by Crippen LogP contribution is -2.10. The number of rotatable bonds is 3. The number of aromatic nitrogens is 1. The molecule has 0 atom stereocenters. The molecule has 5 heteroatoms. The monoisotopic (exact) mass is 382 g/mol. The first-order chi connectivity index (χ1) is 7.70. The summed E-state index contributed by atoms with van der Waals surface area (Å²) in [6, 6.07) is 3.91. The van der Waals surface area contributed by atoms with Gasteiger partial charge in [-0.05, 0) is 36.3 Å². The topological polar surface area (TPSA) is 16.1 Å². The Balaban J connectivity index is 0.00000144. The zero-order valence-electron chi connectivity index (χ0n) is 9.94. The van der Waals surface area contributed by atoms with Gasteiger partial charge in [0.05, 0.1) is 5.03 Å². The maximum absolute atomic E-state index is 5.77. The van der Waals surface area contributed by atoms with Crippen LogP contribution in [-0.4, -0.2) is 29.7 Å². The molecule has 0 aliphatic carbocycles. The van der Waals surface area contributed by atoms with Crippen molar-refractivity contribution in [1.82, 2.24) is 9.88 Å². The van der Waals surface area contributed by atoms with Gasteiger partial charge in [0, 0.05) is 19.8 Å². The maximum atomic E-state index is 5.77. The van der Waals surface area contributed by atoms with E-state index in [1.54, 1.807) is 0 Å². The van der Waals surface area contributed by atoms with Crippen LogP contribution in [0, 0.1) is 0 Å². The lowest BCUT2D eigenvalue weighted by Gasteiger charge is -2.14. The van der Waals surface area contributed by atoms with E-state index in [4.69, 9.17) is 11.6 Å². The van der Waals surface area contributed by atoms with Crippen molar-refractivity contribution >= 4 is 47.3 Å². The van der Waals surface area contributed by atoms with Crippen molar-refractivity contribution in [3.63, 3.8) is 0 Å². The number of hydrogen-bond donors (Lipinski definition) is 0. The maximum Gasteiger partial charge on any atom is 0.129 e. The molecule has 0 unspecified atom stereocenters. The molecule has 1 aliphatic rings. The third-order valence-electron chi connectivity index (χ3n) is 2.80. The quantitative estimate of drug-likeness (QED) is 0.584. The van der Waals surface area contributed by atoms with Crippen LogP contribution in [0.4, 0.5) is 0 Å². The summed E-state index contributed by atoms with van der Waals surface area (Å²) < 4.78 is 0. The molecule has 2 heterocycles. The fraction of sp³-hybridized carbons (Fsp3) is 0.417. The highest BCUT2D eigenvalue weighted by Gasteiger charge is 2.18. The minimum atomic E-state index is 0. The van der Waals surface area contributed by atoms with Crippen molar-refractivity contribution < 1.29 is 0 Å². The third kappa shape index (κ3) is 3.76. The molecule has 0 N–H and O–H groups in total. The zero-order valence-corrected chi connectivity index (χ0v) is 13.8. The Morgan fingerprint density at radius 3 is 2.82 bits per heavy atom. The van der Waals surface area contributed by atoms with Crippen LogP contribution in [0.25, 0.3) is 0 Å². The molecule has 0 saturated heterocycles. The van der Waals surface area contributed by atoms with Crippen LogP contribution in [0.2, 0.25) is 5.15 Å². The van der Waals surface area contributed by atoms with Crippen LogP contribution >= 0.6 is 47.3 Å². The highest BCUT2D eigenvalue weighted by molar-refractivity contribution is 14.0. The minimum Gasteiger partial charge on any atom is -0.369 e. The van der Waals surface area contributed by atoms with E-state index in [0.717, 1.165) is 19.4 Å². The van der Waals surface area contributed by atoms with Crippen LogP contribution < -0.4 is 0 Å². The molecule has 0 fully saturated rings. The Kier molecular flexibility index (Phi) is 6.09. The van der Waals surface area contributed by atoms with Gasteiger partial charge in [0.1, 0.15) is 5.15 Å². The van der Waals surface area contributed by atoms with E-state index in [2.05, 4.69) is 29.3 Å². The van der Waals surface area contributed by atoms with E-state index < -0.39 is 0 Å². The molecule has 94 valence electrons. The second-order valence-electron chi connectivity index (χ2n) is 3.95. The SMILES string of the molecule is CSC1=C(Cc2ccc(Cl)nc2)CCN1C.I. The van der Waals surface area contributed by atoms with E-state index in [9.17, 15) is 0 Å². The molecule has 17 heavy (non-hydrogen) atoms. The highest BCUT2D eigenvalue weighted by atomic mass is 127. The average Bonchev–Trinajstić information content (AvgIpc) is 2.63. The summed E-state index contributed by atoms with van der Waals surface area (Å²) >= 11 is 7.60. The molecule has 1 aromatic heterocycles. The van der Waals surface area contributed by atoms with Crippen molar-refractivity contribution in [3.05, 3.63) is 39.6 Å². The molecule has 0 aromatic carbocycles. The van der Waals surface area contributed by atoms with Crippen molar-refractivity contribution in [3.8, 4) is 0 Å². The van der Waals surface area contributed by atoms with E-state index in [1.807, 2.05) is 24.0 Å². The lowest BCUT2D eigenvalue weighted by molar-refractivity contribution is 0.486. The van der Waals surface area contributed by atoms with Crippen molar-refractivity contribution in [1.29, 1.82) is 0 Å². The summed E-state index contributed by atoms with van der Waals surface area (Å²) in [4.78, 5) is 6.44. The number of thioether (sulfide) groups is 1. The molecule has 1 aliphatic heterocycles. The standard InChI is InChI=1S/C12H15ClN2S.HI/c1-15-6-5-10(12(15)16-2)7-9-3-4-11(13)14-8-9;/h3-4,8H,5-7H2,1-2H3;1H. The highest BCUT2D eigenvalue weighted by Crippen LogP contribution is 2.31. The summed E-state index contributed by atoms with van der Waals surface area (Å²) in [6.45, 7) is 1.13. The van der Waals surface area contributed by atoms with Gasteiger partial charge in [0.25, 0.3) is 0 Å². The summed E-state index contributed by atoms with van der Waals surface area (Å²) in [5.41, 5.74) is 2.75. The van der Waals surface area contributed by atoms with Crippen LogP contribution in [0.1, 0.15) is 12.0 Å². The van der Waals surface area contributed by atoms with Crippen LogP contribution in [0.3, 0.4) is 0 Å². The number of nitrogens with zero attached hydrogens (tertiary/aromatic N) is 2. The van der Waals surface area contributed by atoms with Crippen LogP contribution in [0.15, 0.2) is 28.9 Å². The first-order valence-corrected chi connectivity index (χ1v) is 6.88. The van der Waals surface area contributed by atoms with E-state index in [-0.39, 0.29) is 24.0 Å². The van der Waals surface area contributed by atoms with Gasteiger partial charge in [0.15, 0.2) is 0 Å². The summed E-state index contributed by atoms with van der Waals surface area (Å²) in [7, 11) is 2.15.